The van der Waals surface area contributed by atoms with Crippen molar-refractivity contribution in [2.45, 2.75) is 64.6 Å². The van der Waals surface area contributed by atoms with Crippen molar-refractivity contribution in [1.82, 2.24) is 4.90 Å². The van der Waals surface area contributed by atoms with Crippen LogP contribution in [0.2, 0.25) is 5.02 Å². The fourth-order valence-electron chi connectivity index (χ4n) is 4.55. The van der Waals surface area contributed by atoms with E-state index in [-0.39, 0.29) is 23.7 Å². The highest BCUT2D eigenvalue weighted by atomic mass is 35.5. The molecule has 4 unspecified atom stereocenters. The van der Waals surface area contributed by atoms with Crippen molar-refractivity contribution >= 4 is 23.0 Å². The number of halogens is 1. The van der Waals surface area contributed by atoms with Gasteiger partial charge in [-0.25, -0.2) is 0 Å². The van der Waals surface area contributed by atoms with E-state index in [0.717, 1.165) is 50.9 Å². The van der Waals surface area contributed by atoms with Crippen LogP contribution in [0.4, 0.5) is 0 Å². The van der Waals surface area contributed by atoms with Gasteiger partial charge in [0.15, 0.2) is 5.78 Å². The quantitative estimate of drug-likeness (QED) is 0.616. The van der Waals surface area contributed by atoms with Crippen LogP contribution in [0.25, 0.3) is 5.57 Å². The smallest absolute Gasteiger partial charge is 0.173 e. The SMILES string of the molecule is CCCCN(CCCC)CC1C(O)CCC2C(=O)C(c3ccc(Cl)cc3)=COC21. The molecule has 0 amide bonds. The minimum absolute atomic E-state index is 0.0329. The number of ketones is 1. The highest BCUT2D eigenvalue weighted by Crippen LogP contribution is 2.39. The van der Waals surface area contributed by atoms with E-state index < -0.39 is 6.10 Å². The van der Waals surface area contributed by atoms with E-state index in [9.17, 15) is 9.90 Å². The summed E-state index contributed by atoms with van der Waals surface area (Å²) in [5.41, 5.74) is 1.46. The van der Waals surface area contributed by atoms with Gasteiger partial charge in [-0.3, -0.25) is 4.79 Å². The third kappa shape index (κ3) is 5.42. The lowest BCUT2D eigenvalue weighted by Crippen LogP contribution is -2.52. The van der Waals surface area contributed by atoms with E-state index in [1.807, 2.05) is 12.1 Å². The summed E-state index contributed by atoms with van der Waals surface area (Å²) >= 11 is 5.99. The van der Waals surface area contributed by atoms with E-state index in [0.29, 0.717) is 23.4 Å². The predicted octanol–water partition coefficient (Wildman–Crippen LogP) is 4.94. The molecule has 1 aromatic rings. The van der Waals surface area contributed by atoms with Crippen molar-refractivity contribution in [1.29, 1.82) is 0 Å². The van der Waals surface area contributed by atoms with Crippen molar-refractivity contribution in [2.24, 2.45) is 11.8 Å². The number of ether oxygens (including phenoxy) is 1. The number of aliphatic hydroxyl groups excluding tert-OH is 1. The molecule has 0 aromatic heterocycles. The maximum Gasteiger partial charge on any atom is 0.173 e. The lowest BCUT2D eigenvalue weighted by atomic mass is 9.72. The lowest BCUT2D eigenvalue weighted by Gasteiger charge is -2.43. The zero-order valence-electron chi connectivity index (χ0n) is 17.6. The van der Waals surface area contributed by atoms with Gasteiger partial charge in [-0.2, -0.15) is 0 Å². The second-order valence-corrected chi connectivity index (χ2v) is 8.86. The maximum absolute atomic E-state index is 13.3. The van der Waals surface area contributed by atoms with Gasteiger partial charge in [0.25, 0.3) is 0 Å². The molecule has 3 rings (SSSR count). The average Bonchev–Trinajstić information content (AvgIpc) is 2.72. The molecule has 1 aromatic carbocycles. The van der Waals surface area contributed by atoms with Crippen LogP contribution in [0.3, 0.4) is 0 Å². The van der Waals surface area contributed by atoms with Gasteiger partial charge < -0.3 is 14.7 Å². The second-order valence-electron chi connectivity index (χ2n) is 8.43. The van der Waals surface area contributed by atoms with Gasteiger partial charge in [0.2, 0.25) is 0 Å². The minimum atomic E-state index is -0.416. The second kappa shape index (κ2) is 10.6. The number of rotatable bonds is 9. The number of allylic oxidation sites excluding steroid dienone is 1. The van der Waals surface area contributed by atoms with Gasteiger partial charge in [0.05, 0.1) is 23.9 Å². The first-order valence-corrected chi connectivity index (χ1v) is 11.5. The van der Waals surface area contributed by atoms with E-state index in [4.69, 9.17) is 16.3 Å². The summed E-state index contributed by atoms with van der Waals surface area (Å²) in [6, 6.07) is 7.32. The number of fused-ring (bicyclic) bond motifs is 1. The number of unbranched alkanes of at least 4 members (excludes halogenated alkanes) is 2. The van der Waals surface area contributed by atoms with Gasteiger partial charge in [-0.05, 0) is 56.5 Å². The van der Waals surface area contributed by atoms with E-state index in [1.165, 1.54) is 0 Å². The Morgan fingerprint density at radius 2 is 1.76 bits per heavy atom. The molecular formula is C24H34ClNO3. The number of hydrogen-bond acceptors (Lipinski definition) is 4. The zero-order chi connectivity index (χ0) is 20.8. The fraction of sp³-hybridized carbons (Fsp3) is 0.625. The van der Waals surface area contributed by atoms with Crippen LogP contribution in [0.1, 0.15) is 57.9 Å². The molecular weight excluding hydrogens is 386 g/mol. The molecule has 0 radical (unpaired) electrons. The van der Waals surface area contributed by atoms with Gasteiger partial charge in [0, 0.05) is 17.5 Å². The van der Waals surface area contributed by atoms with E-state index in [1.54, 1.807) is 18.4 Å². The van der Waals surface area contributed by atoms with Crippen LogP contribution in [0.5, 0.6) is 0 Å². The molecule has 0 bridgehead atoms. The molecule has 0 spiro atoms. The van der Waals surface area contributed by atoms with Crippen LogP contribution in [-0.2, 0) is 9.53 Å². The lowest BCUT2D eigenvalue weighted by molar-refractivity contribution is -0.133. The number of aliphatic hydroxyl groups is 1. The Bertz CT molecular complexity index is 695. The Morgan fingerprint density at radius 1 is 1.10 bits per heavy atom. The molecule has 4 nitrogen and oxygen atoms in total. The molecule has 4 atom stereocenters. The van der Waals surface area contributed by atoms with Crippen LogP contribution in [0.15, 0.2) is 30.5 Å². The Labute approximate surface area is 179 Å². The van der Waals surface area contributed by atoms with Crippen LogP contribution < -0.4 is 0 Å². The standard InChI is InChI=1S/C24H34ClNO3/c1-3-5-13-26(14-6-4-2)15-20-22(27)12-11-19-23(28)21(16-29-24(19)20)17-7-9-18(25)10-8-17/h7-10,16,19-20,22,24,27H,3-6,11-15H2,1-2H3. The van der Waals surface area contributed by atoms with Gasteiger partial charge >= 0.3 is 0 Å². The number of benzene rings is 1. The number of carbonyl (C=O) groups excluding carboxylic acids is 1. The average molecular weight is 420 g/mol. The van der Waals surface area contributed by atoms with Crippen LogP contribution in [-0.4, -0.2) is 47.6 Å². The monoisotopic (exact) mass is 419 g/mol. The van der Waals surface area contributed by atoms with Gasteiger partial charge in [0.1, 0.15) is 6.10 Å². The third-order valence-electron chi connectivity index (χ3n) is 6.31. The Balaban J connectivity index is 1.76. The Hall–Kier alpha value is -1.36. The number of hydrogen-bond donors (Lipinski definition) is 1. The third-order valence-corrected chi connectivity index (χ3v) is 6.56. The molecule has 1 fully saturated rings. The molecule has 5 heteroatoms. The van der Waals surface area contributed by atoms with Crippen molar-refractivity contribution in [2.75, 3.05) is 19.6 Å². The summed E-state index contributed by atoms with van der Waals surface area (Å²) in [7, 11) is 0. The summed E-state index contributed by atoms with van der Waals surface area (Å²) in [6.07, 6.45) is 6.91. The zero-order valence-corrected chi connectivity index (χ0v) is 18.4. The summed E-state index contributed by atoms with van der Waals surface area (Å²) in [5, 5.41) is 11.4. The van der Waals surface area contributed by atoms with Gasteiger partial charge in [-0.15, -0.1) is 0 Å². The fourth-order valence-corrected chi connectivity index (χ4v) is 4.67. The molecule has 29 heavy (non-hydrogen) atoms. The maximum atomic E-state index is 13.3. The summed E-state index contributed by atoms with van der Waals surface area (Å²) < 4.78 is 6.14. The molecule has 1 N–H and O–H groups in total. The highest BCUT2D eigenvalue weighted by molar-refractivity contribution is 6.30. The first-order valence-electron chi connectivity index (χ1n) is 11.1. The first-order chi connectivity index (χ1) is 14.0. The molecule has 160 valence electrons. The molecule has 0 saturated heterocycles. The molecule has 1 aliphatic heterocycles. The summed E-state index contributed by atoms with van der Waals surface area (Å²) in [5.74, 6) is -0.0816. The normalized spacial score (nSPS) is 26.8. The van der Waals surface area contributed by atoms with Gasteiger partial charge in [-0.1, -0.05) is 50.4 Å². The summed E-state index contributed by atoms with van der Waals surface area (Å²) in [6.45, 7) is 7.28. The number of nitrogens with zero attached hydrogens (tertiary/aromatic N) is 1. The van der Waals surface area contributed by atoms with Crippen molar-refractivity contribution in [3.8, 4) is 0 Å². The van der Waals surface area contributed by atoms with E-state index >= 15 is 0 Å². The largest absolute Gasteiger partial charge is 0.496 e. The minimum Gasteiger partial charge on any atom is -0.496 e. The predicted molar refractivity (Wildman–Crippen MR) is 118 cm³/mol. The van der Waals surface area contributed by atoms with Crippen molar-refractivity contribution in [3.63, 3.8) is 0 Å². The number of Topliss-reactive ketones (excluding diaryl/α,β-unsaturated/α-hetero) is 1. The molecule has 2 aliphatic rings. The van der Waals surface area contributed by atoms with Crippen LogP contribution >= 0.6 is 11.6 Å². The molecule has 1 saturated carbocycles. The first kappa shape index (κ1) is 22.3. The Kier molecular flexibility index (Phi) is 8.16. The Morgan fingerprint density at radius 3 is 2.38 bits per heavy atom. The molecule has 1 aliphatic carbocycles. The topological polar surface area (TPSA) is 49.8 Å². The van der Waals surface area contributed by atoms with Crippen LogP contribution in [0, 0.1) is 11.8 Å². The van der Waals surface area contributed by atoms with Crippen molar-refractivity contribution in [3.05, 3.63) is 41.1 Å². The summed E-state index contributed by atoms with van der Waals surface area (Å²) in [4.78, 5) is 15.7. The highest BCUT2D eigenvalue weighted by Gasteiger charge is 2.46. The molecule has 1 heterocycles. The van der Waals surface area contributed by atoms with Crippen molar-refractivity contribution < 1.29 is 14.6 Å². The number of carbonyl (C=O) groups is 1. The van der Waals surface area contributed by atoms with E-state index in [2.05, 4.69) is 18.7 Å².